The highest BCUT2D eigenvalue weighted by molar-refractivity contribution is 6.32. The van der Waals surface area contributed by atoms with E-state index in [0.29, 0.717) is 33.3 Å². The van der Waals surface area contributed by atoms with Gasteiger partial charge in [-0.05, 0) is 29.8 Å². The second-order valence-electron chi connectivity index (χ2n) is 7.12. The molecule has 1 aliphatic rings. The lowest BCUT2D eigenvalue weighted by molar-refractivity contribution is 0.0858. The fourth-order valence-electron chi connectivity index (χ4n) is 3.87. The highest BCUT2D eigenvalue weighted by atomic mass is 35.5. The quantitative estimate of drug-likeness (QED) is 0.407. The van der Waals surface area contributed by atoms with E-state index >= 15 is 0 Å². The fraction of sp³-hybridized carbons (Fsp3) is 0.0833. The molecule has 0 bridgehead atoms. The third-order valence-corrected chi connectivity index (χ3v) is 5.83. The van der Waals surface area contributed by atoms with Gasteiger partial charge in [0.15, 0.2) is 6.10 Å². The molecule has 4 aromatic rings. The molecular formula is C24H16Cl2N2O2. The topological polar surface area (TPSA) is 54.5 Å². The molecule has 0 saturated carbocycles. The molecule has 0 fully saturated rings. The SMILES string of the molecule is O=c1[nH]c2ccc(Cl)cc2c(-c2ccccc2)c1C1=NO[C@H](c2ccccc2Cl)C1. The van der Waals surface area contributed by atoms with E-state index in [-0.39, 0.29) is 11.7 Å². The van der Waals surface area contributed by atoms with Crippen molar-refractivity contribution >= 4 is 39.8 Å². The van der Waals surface area contributed by atoms with Crippen molar-refractivity contribution in [2.75, 3.05) is 0 Å². The van der Waals surface area contributed by atoms with Crippen molar-refractivity contribution in [3.8, 4) is 11.1 Å². The van der Waals surface area contributed by atoms with Gasteiger partial charge in [-0.3, -0.25) is 4.79 Å². The van der Waals surface area contributed by atoms with Crippen LogP contribution in [-0.2, 0) is 4.84 Å². The molecule has 2 heterocycles. The van der Waals surface area contributed by atoms with E-state index in [1.165, 1.54) is 0 Å². The highest BCUT2D eigenvalue weighted by Gasteiger charge is 2.29. The van der Waals surface area contributed by atoms with Crippen LogP contribution in [-0.4, -0.2) is 10.7 Å². The van der Waals surface area contributed by atoms with Crippen molar-refractivity contribution in [2.24, 2.45) is 5.16 Å². The molecule has 1 aromatic heterocycles. The van der Waals surface area contributed by atoms with E-state index in [4.69, 9.17) is 28.0 Å². The van der Waals surface area contributed by atoms with Crippen LogP contribution in [0.1, 0.15) is 23.7 Å². The first kappa shape index (κ1) is 18.9. The van der Waals surface area contributed by atoms with Crippen molar-refractivity contribution < 1.29 is 4.84 Å². The van der Waals surface area contributed by atoms with Crippen molar-refractivity contribution in [3.05, 3.63) is 104 Å². The van der Waals surface area contributed by atoms with Crippen LogP contribution < -0.4 is 5.56 Å². The molecule has 0 aliphatic carbocycles. The molecule has 5 rings (SSSR count). The molecule has 0 spiro atoms. The van der Waals surface area contributed by atoms with E-state index in [2.05, 4.69) is 10.1 Å². The Kier molecular flexibility index (Phi) is 4.81. The Balaban J connectivity index is 1.69. The molecule has 0 unspecified atom stereocenters. The Morgan fingerprint density at radius 1 is 0.933 bits per heavy atom. The standard InChI is InChI=1S/C24H16Cl2N2O2/c25-15-10-11-19-17(12-15)22(14-6-2-1-3-7-14)23(24(29)27-19)20-13-21(30-28-20)16-8-4-5-9-18(16)26/h1-12,21H,13H2,(H,27,29)/t21-/m0/s1. The van der Waals surface area contributed by atoms with Gasteiger partial charge in [0.05, 0.1) is 11.3 Å². The summed E-state index contributed by atoms with van der Waals surface area (Å²) in [5.41, 5.74) is 4.13. The number of hydrogen-bond donors (Lipinski definition) is 1. The van der Waals surface area contributed by atoms with Gasteiger partial charge in [-0.1, -0.05) is 76.9 Å². The van der Waals surface area contributed by atoms with Crippen LogP contribution in [0.15, 0.2) is 82.7 Å². The summed E-state index contributed by atoms with van der Waals surface area (Å²) in [6.07, 6.45) is 0.102. The second-order valence-corrected chi connectivity index (χ2v) is 7.96. The average molecular weight is 435 g/mol. The van der Waals surface area contributed by atoms with Crippen LogP contribution in [0, 0.1) is 0 Å². The summed E-state index contributed by atoms with van der Waals surface area (Å²) in [6, 6.07) is 22.7. The Labute approximate surface area is 182 Å². The fourth-order valence-corrected chi connectivity index (χ4v) is 4.30. The highest BCUT2D eigenvalue weighted by Crippen LogP contribution is 2.37. The average Bonchev–Trinajstić information content (AvgIpc) is 3.23. The summed E-state index contributed by atoms with van der Waals surface area (Å²) in [5, 5.41) is 6.35. The van der Waals surface area contributed by atoms with Crippen molar-refractivity contribution in [3.63, 3.8) is 0 Å². The molecule has 1 atom stereocenters. The van der Waals surface area contributed by atoms with Gasteiger partial charge < -0.3 is 9.82 Å². The lowest BCUT2D eigenvalue weighted by atomic mass is 9.91. The smallest absolute Gasteiger partial charge is 0.258 e. The number of nitrogens with zero attached hydrogens (tertiary/aromatic N) is 1. The predicted molar refractivity (Wildman–Crippen MR) is 121 cm³/mol. The first-order valence-corrected chi connectivity index (χ1v) is 10.3. The molecular weight excluding hydrogens is 419 g/mol. The van der Waals surface area contributed by atoms with Gasteiger partial charge in [0, 0.05) is 38.5 Å². The van der Waals surface area contributed by atoms with E-state index in [1.54, 1.807) is 6.07 Å². The van der Waals surface area contributed by atoms with Crippen LogP contribution >= 0.6 is 23.2 Å². The lowest BCUT2D eigenvalue weighted by Gasteiger charge is -2.13. The number of halogens is 2. The third-order valence-electron chi connectivity index (χ3n) is 5.25. The Morgan fingerprint density at radius 2 is 1.70 bits per heavy atom. The number of H-pyrrole nitrogens is 1. The summed E-state index contributed by atoms with van der Waals surface area (Å²) >= 11 is 12.6. The van der Waals surface area contributed by atoms with E-state index in [9.17, 15) is 4.79 Å². The van der Waals surface area contributed by atoms with Crippen LogP contribution in [0.3, 0.4) is 0 Å². The largest absolute Gasteiger partial charge is 0.387 e. The first-order chi connectivity index (χ1) is 14.6. The van der Waals surface area contributed by atoms with Crippen LogP contribution in [0.2, 0.25) is 10.0 Å². The molecule has 3 aromatic carbocycles. The molecule has 4 nitrogen and oxygen atoms in total. The Morgan fingerprint density at radius 3 is 2.50 bits per heavy atom. The van der Waals surface area contributed by atoms with E-state index < -0.39 is 0 Å². The van der Waals surface area contributed by atoms with Gasteiger partial charge in [-0.15, -0.1) is 0 Å². The van der Waals surface area contributed by atoms with Gasteiger partial charge in [-0.25, -0.2) is 0 Å². The van der Waals surface area contributed by atoms with Crippen molar-refractivity contribution in [2.45, 2.75) is 12.5 Å². The maximum Gasteiger partial charge on any atom is 0.258 e. The Hall–Kier alpha value is -3.08. The number of pyridine rings is 1. The summed E-state index contributed by atoms with van der Waals surface area (Å²) < 4.78 is 0. The maximum absolute atomic E-state index is 13.2. The van der Waals surface area contributed by atoms with Gasteiger partial charge in [0.25, 0.3) is 5.56 Å². The molecule has 148 valence electrons. The normalized spacial score (nSPS) is 15.8. The zero-order valence-electron chi connectivity index (χ0n) is 15.7. The van der Waals surface area contributed by atoms with Crippen LogP contribution in [0.5, 0.6) is 0 Å². The summed E-state index contributed by atoms with van der Waals surface area (Å²) in [4.78, 5) is 21.8. The minimum absolute atomic E-state index is 0.217. The van der Waals surface area contributed by atoms with Gasteiger partial charge >= 0.3 is 0 Å². The Bertz CT molecular complexity index is 1350. The molecule has 1 aliphatic heterocycles. The number of hydrogen-bond acceptors (Lipinski definition) is 3. The minimum Gasteiger partial charge on any atom is -0.387 e. The van der Waals surface area contributed by atoms with Gasteiger partial charge in [0.1, 0.15) is 0 Å². The molecule has 0 saturated heterocycles. The molecule has 6 heteroatoms. The summed E-state index contributed by atoms with van der Waals surface area (Å²) in [6.45, 7) is 0. The predicted octanol–water partition coefficient (Wildman–Crippen LogP) is 6.37. The van der Waals surface area contributed by atoms with E-state index in [0.717, 1.165) is 22.1 Å². The molecule has 0 amide bonds. The van der Waals surface area contributed by atoms with Gasteiger partial charge in [0.2, 0.25) is 0 Å². The first-order valence-electron chi connectivity index (χ1n) is 9.50. The number of aromatic nitrogens is 1. The number of oxime groups is 1. The number of fused-ring (bicyclic) bond motifs is 1. The lowest BCUT2D eigenvalue weighted by Crippen LogP contribution is -2.20. The zero-order chi connectivity index (χ0) is 20.7. The summed E-state index contributed by atoms with van der Waals surface area (Å²) in [7, 11) is 0. The maximum atomic E-state index is 13.2. The van der Waals surface area contributed by atoms with Crippen molar-refractivity contribution in [1.29, 1.82) is 0 Å². The zero-order valence-corrected chi connectivity index (χ0v) is 17.2. The van der Waals surface area contributed by atoms with Crippen LogP contribution in [0.4, 0.5) is 0 Å². The summed E-state index contributed by atoms with van der Waals surface area (Å²) in [5.74, 6) is 0. The molecule has 30 heavy (non-hydrogen) atoms. The third kappa shape index (κ3) is 3.28. The number of aromatic amines is 1. The minimum atomic E-state index is -0.341. The monoisotopic (exact) mass is 434 g/mol. The number of nitrogens with one attached hydrogen (secondary N) is 1. The van der Waals surface area contributed by atoms with Crippen molar-refractivity contribution in [1.82, 2.24) is 4.98 Å². The van der Waals surface area contributed by atoms with Crippen LogP contribution in [0.25, 0.3) is 22.0 Å². The number of benzene rings is 3. The number of rotatable bonds is 3. The molecule has 1 N–H and O–H groups in total. The molecule has 0 radical (unpaired) electrons. The second kappa shape index (κ2) is 7.63. The van der Waals surface area contributed by atoms with Gasteiger partial charge in [-0.2, -0.15) is 0 Å². The van der Waals surface area contributed by atoms with E-state index in [1.807, 2.05) is 66.7 Å².